The lowest BCUT2D eigenvalue weighted by Gasteiger charge is -2.57. The van der Waals surface area contributed by atoms with Crippen LogP contribution in [0.4, 0.5) is 5.69 Å². The fourth-order valence-electron chi connectivity index (χ4n) is 9.57. The van der Waals surface area contributed by atoms with E-state index in [0.717, 1.165) is 44.9 Å². The van der Waals surface area contributed by atoms with Crippen LogP contribution in [-0.2, 0) is 14.3 Å². The maximum Gasteiger partial charge on any atom is 0.256 e. The van der Waals surface area contributed by atoms with Crippen molar-refractivity contribution >= 4 is 23.3 Å². The molecule has 4 aliphatic carbocycles. The molecule has 3 fully saturated rings. The molecule has 5 rings (SSSR count). The van der Waals surface area contributed by atoms with Crippen LogP contribution in [-0.4, -0.2) is 76.2 Å². The molecule has 7 N–H and O–H groups in total. The number of amides is 2. The number of hydrogen-bond acceptors (Lipinski definition) is 9. The lowest BCUT2D eigenvalue weighted by molar-refractivity contribution is -0.124. The van der Waals surface area contributed by atoms with Gasteiger partial charge in [-0.3, -0.25) is 14.4 Å². The molecule has 0 aliphatic heterocycles. The van der Waals surface area contributed by atoms with E-state index in [1.165, 1.54) is 31.2 Å². The van der Waals surface area contributed by atoms with Gasteiger partial charge in [0.05, 0.1) is 43.8 Å². The second-order valence-electron chi connectivity index (χ2n) is 15.1. The number of ketones is 1. The van der Waals surface area contributed by atoms with Gasteiger partial charge in [-0.1, -0.05) is 25.5 Å². The van der Waals surface area contributed by atoms with Gasteiger partial charge in [0.2, 0.25) is 5.91 Å². The number of aliphatic hydroxyl groups is 3. The lowest BCUT2D eigenvalue weighted by atomic mass is 9.48. The lowest BCUT2D eigenvalue weighted by Crippen LogP contribution is -2.51. The molecule has 3 saturated carbocycles. The minimum absolute atomic E-state index is 0.0349. The van der Waals surface area contributed by atoms with Crippen LogP contribution in [0.25, 0.3) is 0 Å². The fourth-order valence-corrected chi connectivity index (χ4v) is 9.57. The molecule has 5 unspecified atom stereocenters. The predicted octanol–water partition coefficient (Wildman–Crippen LogP) is 4.39. The molecule has 2 amide bonds. The third kappa shape index (κ3) is 7.29. The Morgan fingerprint density at radius 3 is 2.44 bits per heavy atom. The van der Waals surface area contributed by atoms with Crippen molar-refractivity contribution in [2.24, 2.45) is 34.3 Å². The smallest absolute Gasteiger partial charge is 0.256 e. The number of ether oxygens (including phenoxy) is 2. The SMILES string of the molecule is COc1ccc(NC(=O)CCC(O)C(O)CCC(=O)CCO[C@H]2CCC3C4CC=C5C[C@@H](O)CC[C@]5(C)C4CC[C@@]32C)c(O)c1C(N)=O. The third-order valence-corrected chi connectivity index (χ3v) is 12.4. The summed E-state index contributed by atoms with van der Waals surface area (Å²) in [5.41, 5.74) is 6.80. The molecule has 48 heavy (non-hydrogen) atoms. The Kier molecular flexibility index (Phi) is 11.2. The van der Waals surface area contributed by atoms with Crippen molar-refractivity contribution in [3.63, 3.8) is 0 Å². The number of anilines is 1. The monoisotopic (exact) mass is 670 g/mol. The van der Waals surface area contributed by atoms with Crippen molar-refractivity contribution in [2.75, 3.05) is 19.0 Å². The molecule has 9 atom stereocenters. The van der Waals surface area contributed by atoms with E-state index < -0.39 is 29.8 Å². The van der Waals surface area contributed by atoms with E-state index in [-0.39, 0.29) is 77.9 Å². The van der Waals surface area contributed by atoms with Gasteiger partial charge in [-0.15, -0.1) is 0 Å². The molecule has 0 radical (unpaired) electrons. The first-order valence-corrected chi connectivity index (χ1v) is 17.6. The van der Waals surface area contributed by atoms with Crippen LogP contribution in [0, 0.1) is 28.6 Å². The van der Waals surface area contributed by atoms with Crippen molar-refractivity contribution in [3.8, 4) is 11.5 Å². The van der Waals surface area contributed by atoms with Gasteiger partial charge in [0.15, 0.2) is 5.75 Å². The Morgan fingerprint density at radius 1 is 1.00 bits per heavy atom. The number of nitrogens with two attached hydrogens (primary N) is 1. The van der Waals surface area contributed by atoms with E-state index >= 15 is 0 Å². The minimum Gasteiger partial charge on any atom is -0.505 e. The summed E-state index contributed by atoms with van der Waals surface area (Å²) in [4.78, 5) is 36.8. The maximum absolute atomic E-state index is 12.7. The van der Waals surface area contributed by atoms with Gasteiger partial charge in [-0.25, -0.2) is 0 Å². The van der Waals surface area contributed by atoms with Crippen molar-refractivity contribution in [1.29, 1.82) is 0 Å². The number of methoxy groups -OCH3 is 1. The number of carbonyl (C=O) groups is 3. The predicted molar refractivity (Wildman–Crippen MR) is 179 cm³/mol. The first-order valence-electron chi connectivity index (χ1n) is 17.6. The van der Waals surface area contributed by atoms with Gasteiger partial charge < -0.3 is 41.0 Å². The average Bonchev–Trinajstić information content (AvgIpc) is 3.39. The number of benzene rings is 1. The van der Waals surface area contributed by atoms with Gasteiger partial charge in [-0.2, -0.15) is 0 Å². The summed E-state index contributed by atoms with van der Waals surface area (Å²) in [6.07, 6.45) is 8.52. The summed E-state index contributed by atoms with van der Waals surface area (Å²) in [6.45, 7) is 5.16. The zero-order valence-corrected chi connectivity index (χ0v) is 28.6. The number of rotatable bonds is 14. The van der Waals surface area contributed by atoms with E-state index in [4.69, 9.17) is 15.2 Å². The van der Waals surface area contributed by atoms with E-state index in [9.17, 15) is 34.8 Å². The summed E-state index contributed by atoms with van der Waals surface area (Å²) in [7, 11) is 1.32. The summed E-state index contributed by atoms with van der Waals surface area (Å²) < 4.78 is 11.4. The normalized spacial score (nSPS) is 32.2. The van der Waals surface area contributed by atoms with E-state index in [1.54, 1.807) is 0 Å². The highest BCUT2D eigenvalue weighted by molar-refractivity contribution is 6.02. The highest BCUT2D eigenvalue weighted by Gasteiger charge is 2.59. The second kappa shape index (κ2) is 14.9. The number of aromatic hydroxyl groups is 1. The van der Waals surface area contributed by atoms with E-state index in [0.29, 0.717) is 24.4 Å². The topological polar surface area (TPSA) is 189 Å². The van der Waals surface area contributed by atoms with Crippen LogP contribution in [0.2, 0.25) is 0 Å². The summed E-state index contributed by atoms with van der Waals surface area (Å²) >= 11 is 0. The van der Waals surface area contributed by atoms with Gasteiger partial charge >= 0.3 is 0 Å². The minimum atomic E-state index is -1.22. The number of allylic oxidation sites excluding steroid dienone is 1. The summed E-state index contributed by atoms with van der Waals surface area (Å²) in [6, 6.07) is 2.75. The molecule has 4 aliphatic rings. The fraction of sp³-hybridized carbons (Fsp3) is 0.703. The average molecular weight is 671 g/mol. The number of carbonyl (C=O) groups excluding carboxylic acids is 3. The molecule has 11 nitrogen and oxygen atoms in total. The molecular weight excluding hydrogens is 616 g/mol. The van der Waals surface area contributed by atoms with E-state index in [2.05, 4.69) is 25.2 Å². The Morgan fingerprint density at radius 2 is 1.73 bits per heavy atom. The molecule has 1 aromatic carbocycles. The number of Topliss-reactive ketones (excluding diaryl/α,β-unsaturated/α-hetero) is 1. The van der Waals surface area contributed by atoms with Crippen LogP contribution in [0.15, 0.2) is 23.8 Å². The first-order chi connectivity index (χ1) is 22.8. The van der Waals surface area contributed by atoms with Crippen molar-refractivity contribution in [2.45, 2.75) is 122 Å². The van der Waals surface area contributed by atoms with Crippen molar-refractivity contribution in [3.05, 3.63) is 29.3 Å². The highest BCUT2D eigenvalue weighted by atomic mass is 16.5. The van der Waals surface area contributed by atoms with Crippen LogP contribution in [0.1, 0.15) is 108 Å². The maximum atomic E-state index is 12.7. The summed E-state index contributed by atoms with van der Waals surface area (Å²) in [5.74, 6) is -0.0568. The first kappa shape index (κ1) is 36.3. The number of fused-ring (bicyclic) bond motifs is 5. The summed E-state index contributed by atoms with van der Waals surface area (Å²) in [5, 5.41) is 43.9. The molecule has 0 heterocycles. The molecule has 1 aromatic rings. The molecule has 266 valence electrons. The quantitative estimate of drug-likeness (QED) is 0.123. The van der Waals surface area contributed by atoms with Crippen LogP contribution < -0.4 is 15.8 Å². The number of nitrogens with one attached hydrogen (secondary N) is 1. The Labute approximate surface area is 283 Å². The van der Waals surface area contributed by atoms with Gasteiger partial charge in [0.25, 0.3) is 5.91 Å². The van der Waals surface area contributed by atoms with Crippen LogP contribution in [0.3, 0.4) is 0 Å². The third-order valence-electron chi connectivity index (χ3n) is 12.4. The molecule has 0 bridgehead atoms. The van der Waals surface area contributed by atoms with Gasteiger partial charge in [0, 0.05) is 19.3 Å². The number of aliphatic hydroxyl groups excluding tert-OH is 3. The van der Waals surface area contributed by atoms with Gasteiger partial charge in [-0.05, 0) is 105 Å². The Balaban J connectivity index is 1.02. The molecule has 0 spiro atoms. The molecule has 0 saturated heterocycles. The Bertz CT molecular complexity index is 1400. The number of hydrogen-bond donors (Lipinski definition) is 6. The molecular formula is C37H54N2O9. The van der Waals surface area contributed by atoms with Crippen molar-refractivity contribution in [1.82, 2.24) is 0 Å². The highest BCUT2D eigenvalue weighted by Crippen LogP contribution is 2.65. The number of phenols is 1. The van der Waals surface area contributed by atoms with Gasteiger partial charge in [0.1, 0.15) is 17.1 Å². The number of primary amides is 1. The molecule has 0 aromatic heterocycles. The van der Waals surface area contributed by atoms with Crippen LogP contribution in [0.5, 0.6) is 11.5 Å². The molecule has 11 heteroatoms. The van der Waals surface area contributed by atoms with Crippen molar-refractivity contribution < 1.29 is 44.3 Å². The standard InChI is InChI=1S/C37H54N2O9/c1-36-17-14-23(41)20-21(36)4-6-24-25-7-12-31(37(25,2)18-15-26(24)36)48-19-16-22(40)5-9-28(42)29(43)10-13-32(44)39-27-8-11-30(47-3)33(34(27)45)35(38)46/h4,8,11,23-26,28-29,31,41-43,45H,5-7,9-10,12-20H2,1-3H3,(H2,38,46)(H,39,44)/t23-,24?,25?,26?,28?,29?,31-,36-,37-/m0/s1. The zero-order chi connectivity index (χ0) is 34.8. The Hall–Kier alpha value is -2.99. The zero-order valence-electron chi connectivity index (χ0n) is 28.6. The second-order valence-corrected chi connectivity index (χ2v) is 15.1. The van der Waals surface area contributed by atoms with E-state index in [1.807, 2.05) is 0 Å². The van der Waals surface area contributed by atoms with Crippen LogP contribution >= 0.6 is 0 Å². The largest absolute Gasteiger partial charge is 0.505 e.